The Morgan fingerprint density at radius 3 is 1.98 bits per heavy atom. The molecule has 0 atom stereocenters. The molecule has 1 N–H and O–H groups in total. The Morgan fingerprint density at radius 2 is 1.36 bits per heavy atom. The molecule has 1 aromatic heterocycles. The van der Waals surface area contributed by atoms with Gasteiger partial charge in [0.25, 0.3) is 5.91 Å². The summed E-state index contributed by atoms with van der Waals surface area (Å²) in [7, 11) is 0. The molecule has 1 amide bonds. The van der Waals surface area contributed by atoms with Crippen molar-refractivity contribution in [3.8, 4) is 11.5 Å². The van der Waals surface area contributed by atoms with Crippen LogP contribution in [0.25, 0.3) is 0 Å². The fourth-order valence-electron chi connectivity index (χ4n) is 7.78. The van der Waals surface area contributed by atoms with Crippen molar-refractivity contribution < 1.29 is 9.53 Å². The van der Waals surface area contributed by atoms with Crippen LogP contribution in [0.5, 0.6) is 11.5 Å². The lowest BCUT2D eigenvalue weighted by Crippen LogP contribution is -2.47. The van der Waals surface area contributed by atoms with Gasteiger partial charge < -0.3 is 24.4 Å². The molecule has 214 valence electrons. The third-order valence-electron chi connectivity index (χ3n) is 9.81. The van der Waals surface area contributed by atoms with E-state index in [1.807, 2.05) is 24.4 Å². The maximum atomic E-state index is 14.3. The van der Waals surface area contributed by atoms with E-state index in [1.165, 1.54) is 42.8 Å². The molecule has 0 bridgehead atoms. The van der Waals surface area contributed by atoms with Crippen LogP contribution in [-0.4, -0.2) is 48.5 Å². The Morgan fingerprint density at radius 1 is 0.714 bits per heavy atom. The molecule has 5 heterocycles. The number of carbonyl (C=O) groups excluding carboxylic acids is 1. The lowest BCUT2D eigenvalue weighted by atomic mass is 9.74. The van der Waals surface area contributed by atoms with Crippen molar-refractivity contribution >= 4 is 17.3 Å². The number of aromatic nitrogens is 1. The SMILES string of the molecule is O=C1c2ccccc2C2(c3ccc(N4CCCC4)cc3Oc3cc(N4CCCC4)ccc32)N1CCCCc1ccc[nH]1. The normalized spacial score (nSPS) is 18.4. The molecule has 0 unspecified atom stereocenters. The first-order valence-electron chi connectivity index (χ1n) is 15.7. The lowest BCUT2D eigenvalue weighted by Gasteiger charge is -2.45. The van der Waals surface area contributed by atoms with Gasteiger partial charge in [-0.2, -0.15) is 0 Å². The third kappa shape index (κ3) is 3.95. The minimum atomic E-state index is -0.726. The molecule has 3 aromatic carbocycles. The standard InChI is InChI=1S/C36H38N4O2/c41-35-29-12-1-2-13-30(29)36(40(35)23-4-3-10-26-11-9-18-37-26)31-16-14-27(38-19-5-6-20-38)24-33(31)42-34-25-28(15-17-32(34)36)39-21-7-8-22-39/h1-2,9,11-18,24-25,37H,3-8,10,19-23H2. The summed E-state index contributed by atoms with van der Waals surface area (Å²) >= 11 is 0. The predicted octanol–water partition coefficient (Wildman–Crippen LogP) is 7.09. The minimum Gasteiger partial charge on any atom is -0.456 e. The number of nitrogens with one attached hydrogen (secondary N) is 1. The summed E-state index contributed by atoms with van der Waals surface area (Å²) in [6, 6.07) is 25.8. The zero-order valence-electron chi connectivity index (χ0n) is 24.1. The lowest BCUT2D eigenvalue weighted by molar-refractivity contribution is 0.0661. The number of carbonyl (C=O) groups is 1. The van der Waals surface area contributed by atoms with Gasteiger partial charge in [0, 0.05) is 84.8 Å². The second-order valence-corrected chi connectivity index (χ2v) is 12.2. The Balaban J connectivity index is 1.27. The molecule has 6 nitrogen and oxygen atoms in total. The maximum Gasteiger partial charge on any atom is 0.255 e. The van der Waals surface area contributed by atoms with Crippen LogP contribution in [0.4, 0.5) is 11.4 Å². The zero-order chi connectivity index (χ0) is 28.1. The number of ether oxygens (including phenoxy) is 1. The second kappa shape index (κ2) is 10.3. The highest BCUT2D eigenvalue weighted by molar-refractivity contribution is 6.02. The smallest absolute Gasteiger partial charge is 0.255 e. The molecule has 4 aromatic rings. The second-order valence-electron chi connectivity index (χ2n) is 12.2. The molecule has 1 spiro atoms. The van der Waals surface area contributed by atoms with Gasteiger partial charge >= 0.3 is 0 Å². The first-order valence-corrected chi connectivity index (χ1v) is 15.7. The summed E-state index contributed by atoms with van der Waals surface area (Å²) in [6.45, 7) is 4.98. The minimum absolute atomic E-state index is 0.108. The summed E-state index contributed by atoms with van der Waals surface area (Å²) in [6.07, 6.45) is 9.78. The molecule has 0 saturated carbocycles. The fourth-order valence-corrected chi connectivity index (χ4v) is 7.78. The Kier molecular flexibility index (Phi) is 6.24. The number of amides is 1. The van der Waals surface area contributed by atoms with E-state index in [-0.39, 0.29) is 5.91 Å². The van der Waals surface area contributed by atoms with Crippen LogP contribution in [0.2, 0.25) is 0 Å². The van der Waals surface area contributed by atoms with Crippen molar-refractivity contribution in [1.82, 2.24) is 9.88 Å². The molecular formula is C36H38N4O2. The van der Waals surface area contributed by atoms with E-state index in [2.05, 4.69) is 74.3 Å². The van der Waals surface area contributed by atoms with Crippen molar-refractivity contribution in [2.24, 2.45) is 0 Å². The molecule has 6 heteroatoms. The highest BCUT2D eigenvalue weighted by atomic mass is 16.5. The van der Waals surface area contributed by atoms with E-state index in [4.69, 9.17) is 4.74 Å². The van der Waals surface area contributed by atoms with Crippen LogP contribution >= 0.6 is 0 Å². The number of fused-ring (bicyclic) bond motifs is 6. The number of aryl methyl sites for hydroxylation is 1. The molecule has 2 fully saturated rings. The van der Waals surface area contributed by atoms with Gasteiger partial charge in [0.15, 0.2) is 0 Å². The van der Waals surface area contributed by atoms with Gasteiger partial charge in [0.2, 0.25) is 0 Å². The number of hydrogen-bond donors (Lipinski definition) is 1. The molecule has 8 rings (SSSR count). The van der Waals surface area contributed by atoms with E-state index in [0.29, 0.717) is 6.54 Å². The van der Waals surface area contributed by atoms with E-state index >= 15 is 0 Å². The molecule has 4 aliphatic rings. The van der Waals surface area contributed by atoms with Crippen molar-refractivity contribution in [1.29, 1.82) is 0 Å². The van der Waals surface area contributed by atoms with Gasteiger partial charge in [0.05, 0.1) is 0 Å². The Labute approximate surface area is 247 Å². The van der Waals surface area contributed by atoms with Crippen LogP contribution in [0.15, 0.2) is 79.0 Å². The average molecular weight is 559 g/mol. The van der Waals surface area contributed by atoms with Crippen molar-refractivity contribution in [3.05, 3.63) is 107 Å². The van der Waals surface area contributed by atoms with E-state index in [0.717, 1.165) is 79.2 Å². The number of H-pyrrole nitrogens is 1. The van der Waals surface area contributed by atoms with Gasteiger partial charge in [-0.15, -0.1) is 0 Å². The van der Waals surface area contributed by atoms with Crippen LogP contribution in [0.3, 0.4) is 0 Å². The van der Waals surface area contributed by atoms with Crippen molar-refractivity contribution in [2.45, 2.75) is 50.5 Å². The highest BCUT2D eigenvalue weighted by Crippen LogP contribution is 2.58. The summed E-state index contributed by atoms with van der Waals surface area (Å²) in [4.78, 5) is 24.7. The number of hydrogen-bond acceptors (Lipinski definition) is 4. The van der Waals surface area contributed by atoms with Crippen LogP contribution in [-0.2, 0) is 12.0 Å². The number of benzene rings is 3. The molecule has 42 heavy (non-hydrogen) atoms. The molecule has 4 aliphatic heterocycles. The van der Waals surface area contributed by atoms with E-state index < -0.39 is 5.54 Å². The van der Waals surface area contributed by atoms with Gasteiger partial charge in [-0.3, -0.25) is 4.79 Å². The molecule has 2 saturated heterocycles. The van der Waals surface area contributed by atoms with Gasteiger partial charge in [-0.1, -0.05) is 30.3 Å². The van der Waals surface area contributed by atoms with Gasteiger partial charge in [-0.25, -0.2) is 0 Å². The number of unbranched alkanes of at least 4 members (excludes halogenated alkanes) is 1. The molecular weight excluding hydrogens is 520 g/mol. The number of aromatic amines is 1. The Hall–Kier alpha value is -4.19. The van der Waals surface area contributed by atoms with Crippen LogP contribution in [0.1, 0.15) is 71.3 Å². The molecule has 0 radical (unpaired) electrons. The maximum absolute atomic E-state index is 14.3. The summed E-state index contributed by atoms with van der Waals surface area (Å²) in [5.74, 6) is 1.84. The molecule has 0 aliphatic carbocycles. The quantitative estimate of drug-likeness (QED) is 0.246. The summed E-state index contributed by atoms with van der Waals surface area (Å²) < 4.78 is 6.84. The van der Waals surface area contributed by atoms with Gasteiger partial charge in [-0.05, 0) is 80.8 Å². The first kappa shape index (κ1) is 25.5. The number of anilines is 2. The van der Waals surface area contributed by atoms with Crippen molar-refractivity contribution in [2.75, 3.05) is 42.5 Å². The first-order chi connectivity index (χ1) is 20.7. The van der Waals surface area contributed by atoms with Gasteiger partial charge in [0.1, 0.15) is 17.0 Å². The zero-order valence-corrected chi connectivity index (χ0v) is 24.1. The van der Waals surface area contributed by atoms with E-state index in [9.17, 15) is 4.79 Å². The fraction of sp³-hybridized carbons (Fsp3) is 0.361. The Bertz CT molecular complexity index is 1550. The number of rotatable bonds is 7. The highest BCUT2D eigenvalue weighted by Gasteiger charge is 2.56. The predicted molar refractivity (Wildman–Crippen MR) is 167 cm³/mol. The monoisotopic (exact) mass is 558 g/mol. The van der Waals surface area contributed by atoms with Crippen LogP contribution < -0.4 is 14.5 Å². The average Bonchev–Trinajstić information content (AvgIpc) is 3.85. The largest absolute Gasteiger partial charge is 0.456 e. The van der Waals surface area contributed by atoms with Crippen LogP contribution in [0, 0.1) is 0 Å². The summed E-state index contributed by atoms with van der Waals surface area (Å²) in [5.41, 5.74) is 6.92. The summed E-state index contributed by atoms with van der Waals surface area (Å²) in [5, 5.41) is 0. The third-order valence-corrected chi connectivity index (χ3v) is 9.81. The van der Waals surface area contributed by atoms with E-state index in [1.54, 1.807) is 0 Å². The van der Waals surface area contributed by atoms with Crippen molar-refractivity contribution in [3.63, 3.8) is 0 Å². The topological polar surface area (TPSA) is 51.8 Å². The number of nitrogens with zero attached hydrogens (tertiary/aromatic N) is 3.